The Kier molecular flexibility index (Phi) is 6.66. The van der Waals surface area contributed by atoms with E-state index in [4.69, 9.17) is 34.8 Å². The predicted octanol–water partition coefficient (Wildman–Crippen LogP) is 6.39. The maximum atomic E-state index is 13.4. The molecule has 0 fully saturated rings. The van der Waals surface area contributed by atoms with Crippen molar-refractivity contribution in [3.63, 3.8) is 0 Å². The number of aryl methyl sites for hydroxylation is 1. The number of nitrogens with zero attached hydrogens (tertiary/aromatic N) is 5. The predicted molar refractivity (Wildman–Crippen MR) is 139 cm³/mol. The van der Waals surface area contributed by atoms with Crippen molar-refractivity contribution in [1.29, 1.82) is 0 Å². The highest BCUT2D eigenvalue weighted by Crippen LogP contribution is 2.30. The lowest BCUT2D eigenvalue weighted by atomic mass is 10.0. The van der Waals surface area contributed by atoms with Gasteiger partial charge in [-0.25, -0.2) is 14.1 Å². The summed E-state index contributed by atoms with van der Waals surface area (Å²) in [5.74, 6) is -0.487. The second kappa shape index (κ2) is 9.89. The van der Waals surface area contributed by atoms with E-state index in [-0.39, 0.29) is 35.7 Å². The molecule has 0 saturated heterocycles. The van der Waals surface area contributed by atoms with Crippen LogP contribution in [0.25, 0.3) is 22.2 Å². The van der Waals surface area contributed by atoms with Crippen LogP contribution in [0.4, 0.5) is 10.2 Å². The van der Waals surface area contributed by atoms with Crippen LogP contribution in [0.3, 0.4) is 0 Å². The van der Waals surface area contributed by atoms with Gasteiger partial charge in [-0.05, 0) is 48.4 Å². The molecule has 3 aromatic heterocycles. The molecular weight excluding hydrogens is 526 g/mol. The Morgan fingerprint density at radius 2 is 1.72 bits per heavy atom. The van der Waals surface area contributed by atoms with Gasteiger partial charge in [-0.2, -0.15) is 10.2 Å². The lowest BCUT2D eigenvalue weighted by Crippen LogP contribution is -2.20. The Hall–Kier alpha value is -3.46. The van der Waals surface area contributed by atoms with Crippen LogP contribution in [0.5, 0.6) is 0 Å². The van der Waals surface area contributed by atoms with E-state index in [2.05, 4.69) is 20.5 Å². The molecule has 1 amide bonds. The Bertz CT molecular complexity index is 1580. The lowest BCUT2D eigenvalue weighted by molar-refractivity contribution is -0.116. The quantitative estimate of drug-likeness (QED) is 0.269. The molecule has 182 valence electrons. The summed E-state index contributed by atoms with van der Waals surface area (Å²) in [5.41, 5.74) is 3.61. The number of amides is 1. The third-order valence-corrected chi connectivity index (χ3v) is 6.60. The topological polar surface area (TPSA) is 77.6 Å². The highest BCUT2D eigenvalue weighted by molar-refractivity contribution is 6.36. The highest BCUT2D eigenvalue weighted by Gasteiger charge is 2.18. The van der Waals surface area contributed by atoms with Crippen LogP contribution in [0.1, 0.15) is 11.3 Å². The number of anilines is 1. The van der Waals surface area contributed by atoms with Crippen LogP contribution in [-0.4, -0.2) is 30.5 Å². The van der Waals surface area contributed by atoms with Crippen molar-refractivity contribution in [3.8, 4) is 11.1 Å². The minimum Gasteiger partial charge on any atom is -0.306 e. The summed E-state index contributed by atoms with van der Waals surface area (Å²) in [5, 5.41) is 13.7. The molecule has 5 aromatic rings. The number of pyridine rings is 1. The maximum absolute atomic E-state index is 13.4. The van der Waals surface area contributed by atoms with Crippen molar-refractivity contribution in [3.05, 3.63) is 93.1 Å². The molecule has 2 aromatic carbocycles. The van der Waals surface area contributed by atoms with Crippen LogP contribution in [0, 0.1) is 12.7 Å². The Balaban J connectivity index is 1.36. The largest absolute Gasteiger partial charge is 0.306 e. The van der Waals surface area contributed by atoms with Crippen molar-refractivity contribution >= 4 is 57.6 Å². The van der Waals surface area contributed by atoms with Gasteiger partial charge in [0.2, 0.25) is 5.91 Å². The Morgan fingerprint density at radius 1 is 1.00 bits per heavy atom. The normalized spacial score (nSPS) is 11.2. The number of hydrogen-bond donors (Lipinski definition) is 1. The molecule has 0 aliphatic rings. The second-order valence-electron chi connectivity index (χ2n) is 8.08. The molecule has 36 heavy (non-hydrogen) atoms. The monoisotopic (exact) mass is 542 g/mol. The van der Waals surface area contributed by atoms with E-state index in [1.54, 1.807) is 47.4 Å². The van der Waals surface area contributed by atoms with E-state index in [1.165, 1.54) is 16.8 Å². The number of rotatable bonds is 6. The fraction of sp³-hybridized carbons (Fsp3) is 0.120. The molecule has 3 heterocycles. The number of halogens is 4. The van der Waals surface area contributed by atoms with Crippen LogP contribution >= 0.6 is 34.8 Å². The second-order valence-corrected chi connectivity index (χ2v) is 9.30. The van der Waals surface area contributed by atoms with Crippen LogP contribution in [-0.2, 0) is 17.9 Å². The summed E-state index contributed by atoms with van der Waals surface area (Å²) < 4.78 is 16.5. The van der Waals surface area contributed by atoms with Gasteiger partial charge >= 0.3 is 0 Å². The average molecular weight is 544 g/mol. The zero-order valence-corrected chi connectivity index (χ0v) is 21.1. The first-order valence-electron chi connectivity index (χ1n) is 10.8. The minimum absolute atomic E-state index is 0.107. The van der Waals surface area contributed by atoms with Crippen LogP contribution in [0.2, 0.25) is 15.1 Å². The van der Waals surface area contributed by atoms with Crippen molar-refractivity contribution in [2.24, 2.45) is 0 Å². The summed E-state index contributed by atoms with van der Waals surface area (Å²) in [7, 11) is 0. The Morgan fingerprint density at radius 3 is 2.44 bits per heavy atom. The van der Waals surface area contributed by atoms with Crippen molar-refractivity contribution in [2.45, 2.75) is 20.0 Å². The average Bonchev–Trinajstić information content (AvgIpc) is 3.35. The fourth-order valence-electron chi connectivity index (χ4n) is 3.98. The molecule has 0 aliphatic heterocycles. The van der Waals surface area contributed by atoms with Gasteiger partial charge in [0.25, 0.3) is 0 Å². The van der Waals surface area contributed by atoms with Gasteiger partial charge in [0.1, 0.15) is 17.4 Å². The Labute approximate surface area is 220 Å². The third-order valence-electron chi connectivity index (χ3n) is 5.61. The van der Waals surface area contributed by atoms with E-state index in [1.807, 2.05) is 13.0 Å². The van der Waals surface area contributed by atoms with Gasteiger partial charge in [0.15, 0.2) is 11.5 Å². The first-order chi connectivity index (χ1) is 17.3. The number of carbonyl (C=O) groups excluding carboxylic acids is 1. The van der Waals surface area contributed by atoms with E-state index < -0.39 is 0 Å². The highest BCUT2D eigenvalue weighted by atomic mass is 35.5. The van der Waals surface area contributed by atoms with Gasteiger partial charge < -0.3 is 5.32 Å². The SMILES string of the molecule is Cc1nn(CC(=O)Nc2nn(Cc3c(Cl)cccc3Cl)cc2Cl)c2nccc(-c3ccc(F)cc3)c12. The van der Waals surface area contributed by atoms with Crippen molar-refractivity contribution < 1.29 is 9.18 Å². The number of fused-ring (bicyclic) bond motifs is 1. The molecule has 0 unspecified atom stereocenters. The number of nitrogens with one attached hydrogen (secondary N) is 1. The third kappa shape index (κ3) is 4.80. The minimum atomic E-state index is -0.378. The summed E-state index contributed by atoms with van der Waals surface area (Å²) in [6, 6.07) is 13.3. The zero-order valence-electron chi connectivity index (χ0n) is 18.8. The fourth-order valence-corrected chi connectivity index (χ4v) is 4.69. The first-order valence-corrected chi connectivity index (χ1v) is 12.0. The molecule has 0 bridgehead atoms. The number of hydrogen-bond acceptors (Lipinski definition) is 4. The standard InChI is InChI=1S/C25H18Cl3FN6O/c1-14-23-17(15-5-7-16(29)8-6-15)9-10-30-25(23)35(32-14)13-22(36)31-24-21(28)12-34(33-24)11-18-19(26)3-2-4-20(18)27/h2-10,12H,11,13H2,1H3,(H,31,33,36). The van der Waals surface area contributed by atoms with E-state index in [0.29, 0.717) is 26.9 Å². The summed E-state index contributed by atoms with van der Waals surface area (Å²) in [6.45, 7) is 2.01. The number of carbonyl (C=O) groups is 1. The number of benzene rings is 2. The maximum Gasteiger partial charge on any atom is 0.247 e. The molecule has 11 heteroatoms. The molecule has 0 aliphatic carbocycles. The van der Waals surface area contributed by atoms with E-state index >= 15 is 0 Å². The van der Waals surface area contributed by atoms with E-state index in [0.717, 1.165) is 16.5 Å². The molecule has 0 saturated carbocycles. The van der Waals surface area contributed by atoms with Gasteiger partial charge in [-0.1, -0.05) is 53.0 Å². The molecule has 5 rings (SSSR count). The summed E-state index contributed by atoms with van der Waals surface area (Å²) in [6.07, 6.45) is 3.22. The molecule has 1 N–H and O–H groups in total. The number of aromatic nitrogens is 5. The van der Waals surface area contributed by atoms with Crippen LogP contribution in [0.15, 0.2) is 60.9 Å². The molecular formula is C25H18Cl3FN6O. The molecule has 0 spiro atoms. The van der Waals surface area contributed by atoms with Crippen LogP contribution < -0.4 is 5.32 Å². The van der Waals surface area contributed by atoms with Gasteiger partial charge in [0, 0.05) is 33.4 Å². The van der Waals surface area contributed by atoms with Crippen molar-refractivity contribution in [2.75, 3.05) is 5.32 Å². The molecule has 0 atom stereocenters. The molecule has 7 nitrogen and oxygen atoms in total. The lowest BCUT2D eigenvalue weighted by Gasteiger charge is -2.07. The van der Waals surface area contributed by atoms with Gasteiger partial charge in [-0.3, -0.25) is 9.48 Å². The summed E-state index contributed by atoms with van der Waals surface area (Å²) >= 11 is 18.8. The van der Waals surface area contributed by atoms with E-state index in [9.17, 15) is 9.18 Å². The molecule has 0 radical (unpaired) electrons. The smallest absolute Gasteiger partial charge is 0.247 e. The summed E-state index contributed by atoms with van der Waals surface area (Å²) in [4.78, 5) is 17.3. The van der Waals surface area contributed by atoms with Gasteiger partial charge in [-0.15, -0.1) is 0 Å². The van der Waals surface area contributed by atoms with Crippen molar-refractivity contribution in [1.82, 2.24) is 24.5 Å². The van der Waals surface area contributed by atoms with Gasteiger partial charge in [0.05, 0.1) is 12.2 Å². The first kappa shape index (κ1) is 24.2. The zero-order chi connectivity index (χ0) is 25.4.